The van der Waals surface area contributed by atoms with Gasteiger partial charge in [0.05, 0.1) is 11.6 Å². The molecule has 3 rings (SSSR count). The molecule has 4 N–H and O–H groups in total. The number of ether oxygens (including phenoxy) is 1. The summed E-state index contributed by atoms with van der Waals surface area (Å²) < 4.78 is 5.45. The van der Waals surface area contributed by atoms with Gasteiger partial charge in [0.2, 0.25) is 11.8 Å². The zero-order valence-electron chi connectivity index (χ0n) is 18.1. The Kier molecular flexibility index (Phi) is 7.97. The number of benzene rings is 2. The van der Waals surface area contributed by atoms with Crippen LogP contribution in [-0.4, -0.2) is 48.7 Å². The summed E-state index contributed by atoms with van der Waals surface area (Å²) in [5.74, 6) is -1.02. The SMILES string of the molecule is CCOCC1CCN(c2ccc(CC(N)C(=O)Nc3ccc(C(=O)O)cc3)cc2)C(=O)C1. The molecule has 2 atom stereocenters. The predicted molar refractivity (Wildman–Crippen MR) is 122 cm³/mol. The van der Waals surface area contributed by atoms with Crippen LogP contribution in [0.5, 0.6) is 0 Å². The number of nitrogens with one attached hydrogen (secondary N) is 1. The number of nitrogens with zero attached hydrogens (tertiary/aromatic N) is 1. The zero-order chi connectivity index (χ0) is 23.1. The highest BCUT2D eigenvalue weighted by atomic mass is 16.5. The Morgan fingerprint density at radius 3 is 2.47 bits per heavy atom. The Bertz CT molecular complexity index is 943. The number of aromatic carboxylic acids is 1. The molecule has 0 radical (unpaired) electrons. The van der Waals surface area contributed by atoms with Crippen molar-refractivity contribution in [2.24, 2.45) is 11.7 Å². The molecule has 2 amide bonds. The Balaban J connectivity index is 1.53. The summed E-state index contributed by atoms with van der Waals surface area (Å²) in [7, 11) is 0. The van der Waals surface area contributed by atoms with Crippen LogP contribution in [0.15, 0.2) is 48.5 Å². The van der Waals surface area contributed by atoms with E-state index in [0.29, 0.717) is 38.3 Å². The number of piperidine rings is 1. The van der Waals surface area contributed by atoms with Gasteiger partial charge in [-0.05, 0) is 67.6 Å². The molecule has 0 bridgehead atoms. The minimum atomic E-state index is -1.03. The molecule has 1 heterocycles. The third-order valence-electron chi connectivity index (χ3n) is 5.52. The van der Waals surface area contributed by atoms with Gasteiger partial charge in [-0.1, -0.05) is 12.1 Å². The Morgan fingerprint density at radius 2 is 1.88 bits per heavy atom. The topological polar surface area (TPSA) is 122 Å². The molecule has 8 heteroatoms. The second-order valence-electron chi connectivity index (χ2n) is 7.91. The first-order valence-electron chi connectivity index (χ1n) is 10.7. The van der Waals surface area contributed by atoms with Crippen LogP contribution in [0.1, 0.15) is 35.7 Å². The fourth-order valence-corrected chi connectivity index (χ4v) is 3.69. The lowest BCUT2D eigenvalue weighted by Crippen LogP contribution is -2.40. The van der Waals surface area contributed by atoms with Crippen LogP contribution in [0.3, 0.4) is 0 Å². The van der Waals surface area contributed by atoms with Crippen molar-refractivity contribution in [3.05, 3.63) is 59.7 Å². The van der Waals surface area contributed by atoms with E-state index in [9.17, 15) is 14.4 Å². The van der Waals surface area contributed by atoms with Crippen molar-refractivity contribution in [1.82, 2.24) is 0 Å². The predicted octanol–water partition coefficient (Wildman–Crippen LogP) is 2.67. The number of nitrogens with two attached hydrogens (primary N) is 1. The number of carbonyl (C=O) groups is 3. The first kappa shape index (κ1) is 23.4. The average molecular weight is 440 g/mol. The van der Waals surface area contributed by atoms with E-state index in [1.54, 1.807) is 4.90 Å². The van der Waals surface area contributed by atoms with Crippen molar-refractivity contribution < 1.29 is 24.2 Å². The van der Waals surface area contributed by atoms with E-state index < -0.39 is 12.0 Å². The van der Waals surface area contributed by atoms with E-state index in [-0.39, 0.29) is 23.3 Å². The molecule has 1 saturated heterocycles. The summed E-state index contributed by atoms with van der Waals surface area (Å²) in [6, 6.07) is 12.6. The molecule has 1 fully saturated rings. The van der Waals surface area contributed by atoms with Crippen LogP contribution in [-0.2, 0) is 20.7 Å². The third-order valence-corrected chi connectivity index (χ3v) is 5.52. The average Bonchev–Trinajstić information content (AvgIpc) is 2.78. The maximum Gasteiger partial charge on any atom is 0.335 e. The molecule has 170 valence electrons. The lowest BCUT2D eigenvalue weighted by molar-refractivity contribution is -0.121. The fraction of sp³-hybridized carbons (Fsp3) is 0.375. The maximum absolute atomic E-state index is 12.5. The van der Waals surface area contributed by atoms with Crippen molar-refractivity contribution in [2.75, 3.05) is 30.0 Å². The first-order chi connectivity index (χ1) is 15.4. The summed E-state index contributed by atoms with van der Waals surface area (Å²) in [6.07, 6.45) is 1.73. The third kappa shape index (κ3) is 6.15. The number of amides is 2. The van der Waals surface area contributed by atoms with Gasteiger partial charge >= 0.3 is 5.97 Å². The van der Waals surface area contributed by atoms with Crippen LogP contribution in [0.2, 0.25) is 0 Å². The van der Waals surface area contributed by atoms with Gasteiger partial charge < -0.3 is 25.8 Å². The van der Waals surface area contributed by atoms with Gasteiger partial charge in [0.25, 0.3) is 0 Å². The lowest BCUT2D eigenvalue weighted by Gasteiger charge is -2.31. The van der Waals surface area contributed by atoms with Gasteiger partial charge in [0, 0.05) is 37.6 Å². The molecule has 0 spiro atoms. The van der Waals surface area contributed by atoms with E-state index >= 15 is 0 Å². The van der Waals surface area contributed by atoms with Gasteiger partial charge in [-0.25, -0.2) is 4.79 Å². The Labute approximate surface area is 187 Å². The second-order valence-corrected chi connectivity index (χ2v) is 7.91. The van der Waals surface area contributed by atoms with Gasteiger partial charge in [0.1, 0.15) is 0 Å². The van der Waals surface area contributed by atoms with Gasteiger partial charge in [-0.3, -0.25) is 9.59 Å². The molecule has 0 aromatic heterocycles. The van der Waals surface area contributed by atoms with E-state index in [2.05, 4.69) is 5.32 Å². The zero-order valence-corrected chi connectivity index (χ0v) is 18.1. The van der Waals surface area contributed by atoms with Crippen LogP contribution in [0, 0.1) is 5.92 Å². The molecule has 2 unspecified atom stereocenters. The number of hydrogen-bond donors (Lipinski definition) is 3. The van der Waals surface area contributed by atoms with E-state index in [1.807, 2.05) is 31.2 Å². The van der Waals surface area contributed by atoms with E-state index in [1.165, 1.54) is 24.3 Å². The molecule has 2 aromatic rings. The normalized spacial score (nSPS) is 17.1. The van der Waals surface area contributed by atoms with Gasteiger partial charge in [0.15, 0.2) is 0 Å². The number of hydrogen-bond acceptors (Lipinski definition) is 5. The molecule has 1 aliphatic heterocycles. The number of carbonyl (C=O) groups excluding carboxylic acids is 2. The monoisotopic (exact) mass is 439 g/mol. The van der Waals surface area contributed by atoms with Gasteiger partial charge in [-0.2, -0.15) is 0 Å². The number of carboxylic acid groups (broad SMARTS) is 1. The maximum atomic E-state index is 12.5. The minimum absolute atomic E-state index is 0.0960. The smallest absolute Gasteiger partial charge is 0.335 e. The lowest BCUT2D eigenvalue weighted by atomic mass is 9.96. The summed E-state index contributed by atoms with van der Waals surface area (Å²) in [6.45, 7) is 3.90. The van der Waals surface area contributed by atoms with Crippen molar-refractivity contribution >= 4 is 29.2 Å². The fourth-order valence-electron chi connectivity index (χ4n) is 3.69. The quantitative estimate of drug-likeness (QED) is 0.552. The minimum Gasteiger partial charge on any atom is -0.478 e. The highest BCUT2D eigenvalue weighted by Crippen LogP contribution is 2.25. The molecule has 2 aromatic carbocycles. The molecule has 0 aliphatic carbocycles. The highest BCUT2D eigenvalue weighted by molar-refractivity contribution is 5.96. The van der Waals surface area contributed by atoms with Crippen molar-refractivity contribution in [2.45, 2.75) is 32.2 Å². The van der Waals surface area contributed by atoms with Crippen molar-refractivity contribution in [3.63, 3.8) is 0 Å². The van der Waals surface area contributed by atoms with Crippen LogP contribution in [0.25, 0.3) is 0 Å². The van der Waals surface area contributed by atoms with Crippen LogP contribution >= 0.6 is 0 Å². The van der Waals surface area contributed by atoms with Crippen LogP contribution < -0.4 is 16.0 Å². The summed E-state index contributed by atoms with van der Waals surface area (Å²) in [4.78, 5) is 37.6. The summed E-state index contributed by atoms with van der Waals surface area (Å²) in [5, 5.41) is 11.6. The standard InChI is InChI=1S/C24H29N3O5/c1-2-32-15-17-11-12-27(22(28)14-17)20-9-3-16(4-10-20)13-21(25)23(29)26-19-7-5-18(6-8-19)24(30)31/h3-10,17,21H,2,11-15,25H2,1H3,(H,26,29)(H,30,31). The first-order valence-corrected chi connectivity index (χ1v) is 10.7. The van der Waals surface area contributed by atoms with Crippen LogP contribution in [0.4, 0.5) is 11.4 Å². The number of carboxylic acids is 1. The van der Waals surface area contributed by atoms with Crippen molar-refractivity contribution in [3.8, 4) is 0 Å². The molecular weight excluding hydrogens is 410 g/mol. The van der Waals surface area contributed by atoms with Gasteiger partial charge in [-0.15, -0.1) is 0 Å². The largest absolute Gasteiger partial charge is 0.478 e. The summed E-state index contributed by atoms with van der Waals surface area (Å²) in [5.41, 5.74) is 8.40. The molecular formula is C24H29N3O5. The molecule has 8 nitrogen and oxygen atoms in total. The molecule has 0 saturated carbocycles. The van der Waals surface area contributed by atoms with E-state index in [4.69, 9.17) is 15.6 Å². The number of anilines is 2. The van der Waals surface area contributed by atoms with E-state index in [0.717, 1.165) is 17.7 Å². The molecule has 1 aliphatic rings. The van der Waals surface area contributed by atoms with Crippen molar-refractivity contribution in [1.29, 1.82) is 0 Å². The second kappa shape index (κ2) is 10.9. The number of rotatable bonds is 9. The highest BCUT2D eigenvalue weighted by Gasteiger charge is 2.27. The Morgan fingerprint density at radius 1 is 1.19 bits per heavy atom. The molecule has 32 heavy (non-hydrogen) atoms. The Hall–Kier alpha value is -3.23. The summed E-state index contributed by atoms with van der Waals surface area (Å²) >= 11 is 0.